The number of hydrogen-bond donors (Lipinski definition) is 0. The Morgan fingerprint density at radius 2 is 1.83 bits per heavy atom. The zero-order valence-electron chi connectivity index (χ0n) is 13.3. The molecule has 124 valence electrons. The molecular formula is C18H16Cl2N2OS. The van der Waals surface area contributed by atoms with Gasteiger partial charge in [0.15, 0.2) is 5.13 Å². The normalized spacial score (nSPS) is 11.0. The highest BCUT2D eigenvalue weighted by atomic mass is 35.5. The van der Waals surface area contributed by atoms with Crippen molar-refractivity contribution in [1.29, 1.82) is 0 Å². The van der Waals surface area contributed by atoms with Crippen molar-refractivity contribution >= 4 is 55.8 Å². The van der Waals surface area contributed by atoms with Crippen molar-refractivity contribution in [2.75, 3.05) is 11.4 Å². The number of para-hydroxylation sites is 1. The second-order valence-corrected chi connectivity index (χ2v) is 7.26. The minimum Gasteiger partial charge on any atom is -0.288 e. The van der Waals surface area contributed by atoms with Gasteiger partial charge in [-0.25, -0.2) is 4.98 Å². The maximum Gasteiger partial charge on any atom is 0.233 e. The van der Waals surface area contributed by atoms with Gasteiger partial charge in [0.1, 0.15) is 0 Å². The summed E-state index contributed by atoms with van der Waals surface area (Å²) in [6.07, 6.45) is 0.154. The smallest absolute Gasteiger partial charge is 0.233 e. The first-order valence-corrected chi connectivity index (χ1v) is 9.18. The molecule has 0 fully saturated rings. The van der Waals surface area contributed by atoms with E-state index in [4.69, 9.17) is 23.2 Å². The third-order valence-corrected chi connectivity index (χ3v) is 5.60. The molecule has 0 aliphatic heterocycles. The van der Waals surface area contributed by atoms with Crippen LogP contribution < -0.4 is 4.90 Å². The molecule has 0 atom stereocenters. The van der Waals surface area contributed by atoms with Gasteiger partial charge in [0.05, 0.1) is 16.6 Å². The molecule has 3 aromatic rings. The fourth-order valence-electron chi connectivity index (χ4n) is 2.56. The first-order valence-electron chi connectivity index (χ1n) is 7.60. The number of amides is 1. The van der Waals surface area contributed by atoms with Crippen molar-refractivity contribution in [3.8, 4) is 0 Å². The number of thiazole rings is 1. The van der Waals surface area contributed by atoms with Gasteiger partial charge in [-0.3, -0.25) is 9.69 Å². The van der Waals surface area contributed by atoms with Gasteiger partial charge in [0, 0.05) is 16.6 Å². The number of likely N-dealkylation sites (N-methyl/N-ethyl adjacent to an activating group) is 1. The number of fused-ring (bicyclic) bond motifs is 1. The summed E-state index contributed by atoms with van der Waals surface area (Å²) in [5, 5.41) is 1.72. The number of aryl methyl sites for hydroxylation is 1. The lowest BCUT2D eigenvalue weighted by molar-refractivity contribution is -0.117. The Bertz CT molecular complexity index is 887. The zero-order chi connectivity index (χ0) is 17.3. The van der Waals surface area contributed by atoms with Crippen LogP contribution in [0.2, 0.25) is 10.0 Å². The Morgan fingerprint density at radius 3 is 2.46 bits per heavy atom. The van der Waals surface area contributed by atoms with Crippen molar-refractivity contribution < 1.29 is 4.79 Å². The van der Waals surface area contributed by atoms with Gasteiger partial charge in [-0.1, -0.05) is 52.7 Å². The Morgan fingerprint density at radius 1 is 1.17 bits per heavy atom. The van der Waals surface area contributed by atoms with E-state index in [0.717, 1.165) is 15.8 Å². The molecule has 0 N–H and O–H groups in total. The molecule has 1 aromatic heterocycles. The predicted molar refractivity (Wildman–Crippen MR) is 103 cm³/mol. The number of benzene rings is 2. The SMILES string of the molecule is CCN(C(=O)Cc1c(Cl)cccc1Cl)c1nc2c(C)cccc2s1. The van der Waals surface area contributed by atoms with Crippen LogP contribution in [0.25, 0.3) is 10.2 Å². The van der Waals surface area contributed by atoms with E-state index in [-0.39, 0.29) is 12.3 Å². The summed E-state index contributed by atoms with van der Waals surface area (Å²) in [5.41, 5.74) is 2.70. The quantitative estimate of drug-likeness (QED) is 0.599. The summed E-state index contributed by atoms with van der Waals surface area (Å²) in [4.78, 5) is 19.1. The molecule has 0 spiro atoms. The average molecular weight is 379 g/mol. The van der Waals surface area contributed by atoms with Gasteiger partial charge in [-0.05, 0) is 43.2 Å². The summed E-state index contributed by atoms with van der Waals surface area (Å²) >= 11 is 13.9. The molecule has 0 bridgehead atoms. The molecule has 0 saturated carbocycles. The first kappa shape index (κ1) is 17.2. The highest BCUT2D eigenvalue weighted by Gasteiger charge is 2.20. The summed E-state index contributed by atoms with van der Waals surface area (Å²) in [7, 11) is 0. The van der Waals surface area contributed by atoms with Crippen molar-refractivity contribution in [2.24, 2.45) is 0 Å². The molecule has 0 unspecified atom stereocenters. The lowest BCUT2D eigenvalue weighted by atomic mass is 10.1. The molecule has 24 heavy (non-hydrogen) atoms. The van der Waals surface area contributed by atoms with E-state index in [9.17, 15) is 4.79 Å². The van der Waals surface area contributed by atoms with Crippen molar-refractivity contribution in [3.05, 3.63) is 57.6 Å². The third kappa shape index (κ3) is 3.27. The second-order valence-electron chi connectivity index (χ2n) is 5.43. The van der Waals surface area contributed by atoms with Gasteiger partial charge in [0.25, 0.3) is 0 Å². The number of nitrogens with zero attached hydrogens (tertiary/aromatic N) is 2. The first-order chi connectivity index (χ1) is 11.5. The Labute approximate surface area is 154 Å². The standard InChI is InChI=1S/C18H16Cl2N2OS/c1-3-22(16(23)10-12-13(19)7-5-8-14(12)20)18-21-17-11(2)6-4-9-15(17)24-18/h4-9H,3,10H2,1-2H3. The zero-order valence-corrected chi connectivity index (χ0v) is 15.7. The Hall–Kier alpha value is -1.62. The summed E-state index contributed by atoms with van der Waals surface area (Å²) in [6.45, 7) is 4.50. The van der Waals surface area contributed by atoms with E-state index < -0.39 is 0 Å². The number of carbonyl (C=O) groups excluding carboxylic acids is 1. The van der Waals surface area contributed by atoms with Crippen LogP contribution in [-0.4, -0.2) is 17.4 Å². The van der Waals surface area contributed by atoms with E-state index in [1.165, 1.54) is 11.3 Å². The van der Waals surface area contributed by atoms with Crippen LogP contribution in [0, 0.1) is 6.92 Å². The maximum atomic E-state index is 12.8. The summed E-state index contributed by atoms with van der Waals surface area (Å²) < 4.78 is 1.08. The molecule has 0 saturated heterocycles. The number of hydrogen-bond acceptors (Lipinski definition) is 3. The van der Waals surface area contributed by atoms with Crippen molar-refractivity contribution in [3.63, 3.8) is 0 Å². The van der Waals surface area contributed by atoms with E-state index in [0.29, 0.717) is 27.3 Å². The summed E-state index contributed by atoms with van der Waals surface area (Å²) in [6, 6.07) is 11.3. The maximum absolute atomic E-state index is 12.8. The molecule has 1 amide bonds. The highest BCUT2D eigenvalue weighted by Crippen LogP contribution is 2.32. The van der Waals surface area contributed by atoms with Crippen LogP contribution in [-0.2, 0) is 11.2 Å². The van der Waals surface area contributed by atoms with Gasteiger partial charge < -0.3 is 0 Å². The number of anilines is 1. The molecule has 0 radical (unpaired) electrons. The predicted octanol–water partition coefficient (Wildman–Crippen LogP) is 5.51. The lowest BCUT2D eigenvalue weighted by Gasteiger charge is -2.18. The topological polar surface area (TPSA) is 33.2 Å². The van der Waals surface area contributed by atoms with Crippen molar-refractivity contribution in [1.82, 2.24) is 4.98 Å². The van der Waals surface area contributed by atoms with Crippen LogP contribution in [0.15, 0.2) is 36.4 Å². The number of carbonyl (C=O) groups is 1. The highest BCUT2D eigenvalue weighted by molar-refractivity contribution is 7.22. The summed E-state index contributed by atoms with van der Waals surface area (Å²) in [5.74, 6) is -0.0655. The molecule has 1 heterocycles. The van der Waals surface area contributed by atoms with E-state index >= 15 is 0 Å². The molecule has 2 aromatic carbocycles. The number of aromatic nitrogens is 1. The number of halogens is 2. The fourth-order valence-corrected chi connectivity index (χ4v) is 4.21. The monoisotopic (exact) mass is 378 g/mol. The van der Waals surface area contributed by atoms with E-state index in [2.05, 4.69) is 4.98 Å². The van der Waals surface area contributed by atoms with Crippen LogP contribution in [0.3, 0.4) is 0 Å². The molecule has 0 aliphatic rings. The average Bonchev–Trinajstić information content (AvgIpc) is 2.97. The Kier molecular flexibility index (Phi) is 5.09. The van der Waals surface area contributed by atoms with Gasteiger partial charge in [0.2, 0.25) is 5.91 Å². The number of rotatable bonds is 4. The molecule has 3 rings (SSSR count). The minimum atomic E-state index is -0.0655. The van der Waals surface area contributed by atoms with Crippen LogP contribution in [0.1, 0.15) is 18.1 Å². The minimum absolute atomic E-state index is 0.0655. The van der Waals surface area contributed by atoms with Gasteiger partial charge in [-0.15, -0.1) is 0 Å². The van der Waals surface area contributed by atoms with Gasteiger partial charge >= 0.3 is 0 Å². The van der Waals surface area contributed by atoms with E-state index in [1.54, 1.807) is 23.1 Å². The lowest BCUT2D eigenvalue weighted by Crippen LogP contribution is -2.32. The third-order valence-electron chi connectivity index (χ3n) is 3.85. The molecule has 6 heteroatoms. The van der Waals surface area contributed by atoms with Crippen LogP contribution in [0.4, 0.5) is 5.13 Å². The molecule has 0 aliphatic carbocycles. The second kappa shape index (κ2) is 7.09. The largest absolute Gasteiger partial charge is 0.288 e. The fraction of sp³-hybridized carbons (Fsp3) is 0.222. The van der Waals surface area contributed by atoms with E-state index in [1.807, 2.05) is 32.0 Å². The van der Waals surface area contributed by atoms with Gasteiger partial charge in [-0.2, -0.15) is 0 Å². The van der Waals surface area contributed by atoms with Crippen LogP contribution >= 0.6 is 34.5 Å². The van der Waals surface area contributed by atoms with Crippen molar-refractivity contribution in [2.45, 2.75) is 20.3 Å². The molecular weight excluding hydrogens is 363 g/mol. The van der Waals surface area contributed by atoms with Crippen LogP contribution in [0.5, 0.6) is 0 Å². The molecule has 3 nitrogen and oxygen atoms in total. The Balaban J connectivity index is 1.92.